The van der Waals surface area contributed by atoms with Crippen LogP contribution in [-0.4, -0.2) is 38.0 Å². The van der Waals surface area contributed by atoms with Gasteiger partial charge in [-0.15, -0.1) is 0 Å². The minimum Gasteiger partial charge on any atom is -0.380 e. The van der Waals surface area contributed by atoms with Gasteiger partial charge in [0.05, 0.1) is 18.2 Å². The van der Waals surface area contributed by atoms with Gasteiger partial charge in [0.15, 0.2) is 0 Å². The highest BCUT2D eigenvalue weighted by Gasteiger charge is 2.44. The standard InChI is InChI=1S/C18H37NO2/c1-6-13-19-16(15-20-14-7-2)18(21-8-3)11-9-17(4,5)10-12-18/h16,19H,6-15H2,1-5H3. The number of hydrogen-bond acceptors (Lipinski definition) is 3. The molecule has 126 valence electrons. The second-order valence-corrected chi connectivity index (χ2v) is 7.24. The van der Waals surface area contributed by atoms with Crippen LogP contribution >= 0.6 is 0 Å². The lowest BCUT2D eigenvalue weighted by Crippen LogP contribution is -2.57. The summed E-state index contributed by atoms with van der Waals surface area (Å²) in [5.41, 5.74) is 0.424. The molecule has 1 fully saturated rings. The highest BCUT2D eigenvalue weighted by molar-refractivity contribution is 4.99. The Morgan fingerprint density at radius 2 is 1.67 bits per heavy atom. The lowest BCUT2D eigenvalue weighted by molar-refractivity contribution is -0.119. The number of ether oxygens (including phenoxy) is 2. The third kappa shape index (κ3) is 5.88. The fourth-order valence-corrected chi connectivity index (χ4v) is 3.29. The molecule has 0 saturated heterocycles. The largest absolute Gasteiger partial charge is 0.380 e. The Bertz CT molecular complexity index is 268. The quantitative estimate of drug-likeness (QED) is 0.615. The van der Waals surface area contributed by atoms with Crippen molar-refractivity contribution >= 4 is 0 Å². The van der Waals surface area contributed by atoms with Crippen LogP contribution in [0.2, 0.25) is 0 Å². The first-order valence-corrected chi connectivity index (χ1v) is 8.94. The van der Waals surface area contributed by atoms with Gasteiger partial charge in [-0.05, 0) is 57.4 Å². The van der Waals surface area contributed by atoms with E-state index in [1.54, 1.807) is 0 Å². The molecule has 3 heteroatoms. The normalized spacial score (nSPS) is 22.1. The van der Waals surface area contributed by atoms with Crippen molar-refractivity contribution in [1.82, 2.24) is 5.32 Å². The first kappa shape index (κ1) is 18.9. The molecule has 3 nitrogen and oxygen atoms in total. The third-order valence-electron chi connectivity index (χ3n) is 4.79. The molecule has 1 saturated carbocycles. The zero-order valence-electron chi connectivity index (χ0n) is 15.0. The summed E-state index contributed by atoms with van der Waals surface area (Å²) in [6, 6.07) is 0.319. The number of hydrogen-bond donors (Lipinski definition) is 1. The maximum atomic E-state index is 6.31. The van der Waals surface area contributed by atoms with Gasteiger partial charge >= 0.3 is 0 Å². The molecular formula is C18H37NO2. The second kappa shape index (κ2) is 9.12. The summed E-state index contributed by atoms with van der Waals surface area (Å²) in [6.45, 7) is 14.7. The Morgan fingerprint density at radius 1 is 1.00 bits per heavy atom. The topological polar surface area (TPSA) is 30.5 Å². The van der Waals surface area contributed by atoms with Crippen molar-refractivity contribution in [2.45, 2.75) is 84.8 Å². The molecule has 0 aromatic heterocycles. The molecule has 0 spiro atoms. The predicted octanol–water partition coefficient (Wildman–Crippen LogP) is 4.16. The Hall–Kier alpha value is -0.120. The summed E-state index contributed by atoms with van der Waals surface area (Å²) < 4.78 is 12.2. The molecule has 0 amide bonds. The van der Waals surface area contributed by atoms with Crippen molar-refractivity contribution in [2.75, 3.05) is 26.4 Å². The Morgan fingerprint density at radius 3 is 2.19 bits per heavy atom. The molecule has 0 aromatic rings. The van der Waals surface area contributed by atoms with Crippen LogP contribution in [0.5, 0.6) is 0 Å². The van der Waals surface area contributed by atoms with Gasteiger partial charge in [0.1, 0.15) is 0 Å². The first-order valence-electron chi connectivity index (χ1n) is 8.94. The zero-order valence-corrected chi connectivity index (χ0v) is 15.0. The predicted molar refractivity (Wildman–Crippen MR) is 89.8 cm³/mol. The molecule has 0 radical (unpaired) electrons. The number of nitrogens with one attached hydrogen (secondary N) is 1. The molecule has 0 aliphatic heterocycles. The first-order chi connectivity index (χ1) is 9.99. The molecule has 1 aliphatic rings. The fourth-order valence-electron chi connectivity index (χ4n) is 3.29. The van der Waals surface area contributed by atoms with Gasteiger partial charge < -0.3 is 14.8 Å². The third-order valence-corrected chi connectivity index (χ3v) is 4.79. The molecule has 1 N–H and O–H groups in total. The Balaban J connectivity index is 2.75. The van der Waals surface area contributed by atoms with Crippen LogP contribution in [0.4, 0.5) is 0 Å². The number of rotatable bonds is 10. The van der Waals surface area contributed by atoms with Crippen LogP contribution in [0.1, 0.15) is 73.1 Å². The van der Waals surface area contributed by atoms with Crippen molar-refractivity contribution in [3.8, 4) is 0 Å². The van der Waals surface area contributed by atoms with E-state index in [9.17, 15) is 0 Å². The van der Waals surface area contributed by atoms with Crippen LogP contribution < -0.4 is 5.32 Å². The van der Waals surface area contributed by atoms with Gasteiger partial charge in [-0.3, -0.25) is 0 Å². The molecule has 0 bridgehead atoms. The van der Waals surface area contributed by atoms with Crippen LogP contribution in [0.3, 0.4) is 0 Å². The van der Waals surface area contributed by atoms with Crippen LogP contribution in [0.25, 0.3) is 0 Å². The van der Waals surface area contributed by atoms with Crippen LogP contribution in [-0.2, 0) is 9.47 Å². The molecule has 1 atom stereocenters. The van der Waals surface area contributed by atoms with Gasteiger partial charge in [-0.25, -0.2) is 0 Å². The van der Waals surface area contributed by atoms with Crippen molar-refractivity contribution < 1.29 is 9.47 Å². The van der Waals surface area contributed by atoms with Gasteiger partial charge in [0, 0.05) is 13.2 Å². The summed E-state index contributed by atoms with van der Waals surface area (Å²) >= 11 is 0. The lowest BCUT2D eigenvalue weighted by Gasteiger charge is -2.47. The van der Waals surface area contributed by atoms with Crippen molar-refractivity contribution in [1.29, 1.82) is 0 Å². The smallest absolute Gasteiger partial charge is 0.0857 e. The summed E-state index contributed by atoms with van der Waals surface area (Å²) in [7, 11) is 0. The summed E-state index contributed by atoms with van der Waals surface area (Å²) in [4.78, 5) is 0. The van der Waals surface area contributed by atoms with E-state index < -0.39 is 0 Å². The van der Waals surface area contributed by atoms with Crippen LogP contribution in [0, 0.1) is 5.41 Å². The van der Waals surface area contributed by atoms with Gasteiger partial charge in [-0.1, -0.05) is 27.7 Å². The zero-order chi connectivity index (χ0) is 15.8. The molecule has 0 aromatic carbocycles. The van der Waals surface area contributed by atoms with Crippen molar-refractivity contribution in [3.05, 3.63) is 0 Å². The molecule has 21 heavy (non-hydrogen) atoms. The van der Waals surface area contributed by atoms with Crippen molar-refractivity contribution in [2.24, 2.45) is 5.41 Å². The van der Waals surface area contributed by atoms with E-state index in [0.29, 0.717) is 11.5 Å². The van der Waals surface area contributed by atoms with E-state index in [4.69, 9.17) is 9.47 Å². The molecule has 1 aliphatic carbocycles. The average Bonchev–Trinajstić information content (AvgIpc) is 2.46. The molecule has 0 heterocycles. The summed E-state index contributed by atoms with van der Waals surface area (Å²) in [5, 5.41) is 3.70. The maximum Gasteiger partial charge on any atom is 0.0857 e. The van der Waals surface area contributed by atoms with E-state index >= 15 is 0 Å². The van der Waals surface area contributed by atoms with Gasteiger partial charge in [-0.2, -0.15) is 0 Å². The van der Waals surface area contributed by atoms with E-state index in [2.05, 4.69) is 39.9 Å². The molecular weight excluding hydrogens is 262 g/mol. The fraction of sp³-hybridized carbons (Fsp3) is 1.00. The van der Waals surface area contributed by atoms with E-state index in [-0.39, 0.29) is 5.60 Å². The molecule has 1 unspecified atom stereocenters. The van der Waals surface area contributed by atoms with Crippen molar-refractivity contribution in [3.63, 3.8) is 0 Å². The van der Waals surface area contributed by atoms with E-state index in [1.165, 1.54) is 12.8 Å². The lowest BCUT2D eigenvalue weighted by atomic mass is 9.68. The molecule has 1 rings (SSSR count). The summed E-state index contributed by atoms with van der Waals surface area (Å²) in [5.74, 6) is 0. The van der Waals surface area contributed by atoms with Crippen LogP contribution in [0.15, 0.2) is 0 Å². The second-order valence-electron chi connectivity index (χ2n) is 7.24. The van der Waals surface area contributed by atoms with E-state index in [1.807, 2.05) is 0 Å². The maximum absolute atomic E-state index is 6.31. The minimum atomic E-state index is -0.0345. The average molecular weight is 299 g/mol. The Kier molecular flexibility index (Phi) is 8.22. The Labute approximate surface area is 132 Å². The van der Waals surface area contributed by atoms with Gasteiger partial charge in [0.25, 0.3) is 0 Å². The monoisotopic (exact) mass is 299 g/mol. The van der Waals surface area contributed by atoms with E-state index in [0.717, 1.165) is 52.0 Å². The SMILES string of the molecule is CCCNC(COCCC)C1(OCC)CCC(C)(C)CC1. The highest BCUT2D eigenvalue weighted by Crippen LogP contribution is 2.43. The van der Waals surface area contributed by atoms with Gasteiger partial charge in [0.2, 0.25) is 0 Å². The highest BCUT2D eigenvalue weighted by atomic mass is 16.5. The summed E-state index contributed by atoms with van der Waals surface area (Å²) in [6.07, 6.45) is 7.00. The minimum absolute atomic E-state index is 0.0345.